The zero-order valence-corrected chi connectivity index (χ0v) is 10.8. The zero-order valence-electron chi connectivity index (χ0n) is 9.95. The van der Waals surface area contributed by atoms with Crippen LogP contribution in [0.4, 0.5) is 0 Å². The zero-order chi connectivity index (χ0) is 11.9. The maximum atomic E-state index is 11.7. The van der Waals surface area contributed by atoms with Gasteiger partial charge in [-0.05, 0) is 41.9 Å². The van der Waals surface area contributed by atoms with E-state index in [-0.39, 0.29) is 5.91 Å². The van der Waals surface area contributed by atoms with E-state index in [1.54, 1.807) is 11.3 Å². The van der Waals surface area contributed by atoms with Crippen LogP contribution in [0.3, 0.4) is 0 Å². The van der Waals surface area contributed by atoms with Crippen LogP contribution in [0.5, 0.6) is 0 Å². The van der Waals surface area contributed by atoms with E-state index in [0.717, 1.165) is 32.6 Å². The van der Waals surface area contributed by atoms with Crippen molar-refractivity contribution < 1.29 is 4.79 Å². The Bertz CT molecular complexity index is 332. The lowest BCUT2D eigenvalue weighted by Gasteiger charge is -2.18. The molecule has 0 atom stereocenters. The van der Waals surface area contributed by atoms with Gasteiger partial charge in [-0.25, -0.2) is 0 Å². The van der Waals surface area contributed by atoms with Gasteiger partial charge in [-0.2, -0.15) is 11.3 Å². The molecule has 1 aromatic heterocycles. The molecule has 2 heterocycles. The van der Waals surface area contributed by atoms with Gasteiger partial charge >= 0.3 is 0 Å². The molecule has 94 valence electrons. The molecule has 0 aliphatic carbocycles. The molecule has 0 saturated carbocycles. The van der Waals surface area contributed by atoms with Gasteiger partial charge in [-0.1, -0.05) is 0 Å². The predicted octanol–water partition coefficient (Wildman–Crippen LogP) is 0.660. The molecule has 2 N–H and O–H groups in total. The van der Waals surface area contributed by atoms with Crippen LogP contribution in [-0.2, 0) is 11.3 Å². The van der Waals surface area contributed by atoms with E-state index in [1.807, 2.05) is 11.4 Å². The first-order chi connectivity index (χ1) is 8.34. The standard InChI is InChI=1S/C12H19N3OS/c16-12(14-8-11-2-7-17-10-11)9-15-5-1-3-13-4-6-15/h2,7,10,13H,1,3-6,8-9H2,(H,14,16). The number of rotatable bonds is 4. The quantitative estimate of drug-likeness (QED) is 0.828. The maximum absolute atomic E-state index is 11.7. The van der Waals surface area contributed by atoms with Gasteiger partial charge in [0.15, 0.2) is 0 Å². The molecule has 0 bridgehead atoms. The predicted molar refractivity (Wildman–Crippen MR) is 70.1 cm³/mol. The Morgan fingerprint density at radius 2 is 2.41 bits per heavy atom. The van der Waals surface area contributed by atoms with Gasteiger partial charge in [0.2, 0.25) is 5.91 Å². The number of nitrogens with one attached hydrogen (secondary N) is 2. The van der Waals surface area contributed by atoms with Crippen LogP contribution in [0.2, 0.25) is 0 Å². The smallest absolute Gasteiger partial charge is 0.234 e. The summed E-state index contributed by atoms with van der Waals surface area (Å²) in [7, 11) is 0. The number of carbonyl (C=O) groups excluding carboxylic acids is 1. The first-order valence-electron chi connectivity index (χ1n) is 6.05. The molecular weight excluding hydrogens is 234 g/mol. The van der Waals surface area contributed by atoms with E-state index < -0.39 is 0 Å². The Balaban J connectivity index is 1.69. The van der Waals surface area contributed by atoms with Crippen LogP contribution in [0.1, 0.15) is 12.0 Å². The molecule has 2 rings (SSSR count). The number of hydrogen-bond acceptors (Lipinski definition) is 4. The van der Waals surface area contributed by atoms with Crippen LogP contribution in [0, 0.1) is 0 Å². The van der Waals surface area contributed by atoms with Crippen molar-refractivity contribution in [3.8, 4) is 0 Å². The Kier molecular flexibility index (Phi) is 4.97. The SMILES string of the molecule is O=C(CN1CCCNCC1)NCc1ccsc1. The molecule has 17 heavy (non-hydrogen) atoms. The summed E-state index contributed by atoms with van der Waals surface area (Å²) in [5, 5.41) is 10.4. The van der Waals surface area contributed by atoms with E-state index in [4.69, 9.17) is 0 Å². The van der Waals surface area contributed by atoms with Crippen molar-refractivity contribution in [2.45, 2.75) is 13.0 Å². The van der Waals surface area contributed by atoms with Crippen molar-refractivity contribution >= 4 is 17.2 Å². The first kappa shape index (κ1) is 12.5. The molecule has 0 radical (unpaired) electrons. The highest BCUT2D eigenvalue weighted by Gasteiger charge is 2.12. The summed E-state index contributed by atoms with van der Waals surface area (Å²) in [4.78, 5) is 14.0. The lowest BCUT2D eigenvalue weighted by Crippen LogP contribution is -2.38. The summed E-state index contributed by atoms with van der Waals surface area (Å²) >= 11 is 1.66. The summed E-state index contributed by atoms with van der Waals surface area (Å²) in [5.41, 5.74) is 1.18. The minimum absolute atomic E-state index is 0.123. The van der Waals surface area contributed by atoms with Gasteiger partial charge in [0.1, 0.15) is 0 Å². The fourth-order valence-electron chi connectivity index (χ4n) is 1.91. The van der Waals surface area contributed by atoms with Gasteiger partial charge in [-0.3, -0.25) is 9.69 Å². The molecule has 1 aromatic rings. The largest absolute Gasteiger partial charge is 0.351 e. The van der Waals surface area contributed by atoms with Crippen LogP contribution in [-0.4, -0.2) is 43.5 Å². The number of nitrogens with zero attached hydrogens (tertiary/aromatic N) is 1. The molecule has 0 aromatic carbocycles. The molecule has 1 amide bonds. The highest BCUT2D eigenvalue weighted by Crippen LogP contribution is 2.04. The third-order valence-corrected chi connectivity index (χ3v) is 3.60. The van der Waals surface area contributed by atoms with Gasteiger partial charge in [0, 0.05) is 19.6 Å². The fourth-order valence-corrected chi connectivity index (χ4v) is 2.58. The molecular formula is C12H19N3OS. The molecule has 1 saturated heterocycles. The summed E-state index contributed by atoms with van der Waals surface area (Å²) in [6, 6.07) is 2.04. The Morgan fingerprint density at radius 1 is 1.47 bits per heavy atom. The minimum Gasteiger partial charge on any atom is -0.351 e. The minimum atomic E-state index is 0.123. The van der Waals surface area contributed by atoms with Crippen molar-refractivity contribution in [2.75, 3.05) is 32.7 Å². The second-order valence-electron chi connectivity index (χ2n) is 4.29. The highest BCUT2D eigenvalue weighted by atomic mass is 32.1. The number of carbonyl (C=O) groups is 1. The van der Waals surface area contributed by atoms with E-state index in [1.165, 1.54) is 5.56 Å². The van der Waals surface area contributed by atoms with Gasteiger partial charge in [-0.15, -0.1) is 0 Å². The van der Waals surface area contributed by atoms with Gasteiger partial charge in [0.05, 0.1) is 6.54 Å². The molecule has 1 fully saturated rings. The average molecular weight is 253 g/mol. The molecule has 1 aliphatic heterocycles. The topological polar surface area (TPSA) is 44.4 Å². The third-order valence-electron chi connectivity index (χ3n) is 2.87. The Labute approximate surface area is 106 Å². The fraction of sp³-hybridized carbons (Fsp3) is 0.583. The van der Waals surface area contributed by atoms with Crippen molar-refractivity contribution in [2.24, 2.45) is 0 Å². The molecule has 0 spiro atoms. The molecule has 1 aliphatic rings. The number of thiophene rings is 1. The Hall–Kier alpha value is -0.910. The van der Waals surface area contributed by atoms with E-state index in [0.29, 0.717) is 13.1 Å². The van der Waals surface area contributed by atoms with Crippen molar-refractivity contribution in [3.63, 3.8) is 0 Å². The monoisotopic (exact) mass is 253 g/mol. The molecule has 4 nitrogen and oxygen atoms in total. The van der Waals surface area contributed by atoms with Crippen molar-refractivity contribution in [1.82, 2.24) is 15.5 Å². The highest BCUT2D eigenvalue weighted by molar-refractivity contribution is 7.07. The molecule has 5 heteroatoms. The van der Waals surface area contributed by atoms with Crippen LogP contribution in [0.15, 0.2) is 16.8 Å². The Morgan fingerprint density at radius 3 is 3.24 bits per heavy atom. The molecule has 0 unspecified atom stereocenters. The van der Waals surface area contributed by atoms with Crippen molar-refractivity contribution in [3.05, 3.63) is 22.4 Å². The number of hydrogen-bond donors (Lipinski definition) is 2. The lowest BCUT2D eigenvalue weighted by molar-refractivity contribution is -0.122. The average Bonchev–Trinajstić information content (AvgIpc) is 2.72. The number of amides is 1. The van der Waals surface area contributed by atoms with Crippen molar-refractivity contribution in [1.29, 1.82) is 0 Å². The van der Waals surface area contributed by atoms with E-state index >= 15 is 0 Å². The summed E-state index contributed by atoms with van der Waals surface area (Å²) < 4.78 is 0. The van der Waals surface area contributed by atoms with Gasteiger partial charge < -0.3 is 10.6 Å². The van der Waals surface area contributed by atoms with Crippen LogP contribution in [0.25, 0.3) is 0 Å². The van der Waals surface area contributed by atoms with E-state index in [2.05, 4.69) is 20.9 Å². The second-order valence-corrected chi connectivity index (χ2v) is 5.07. The summed E-state index contributed by atoms with van der Waals surface area (Å²) in [5.74, 6) is 0.123. The van der Waals surface area contributed by atoms with Gasteiger partial charge in [0.25, 0.3) is 0 Å². The third kappa shape index (κ3) is 4.46. The van der Waals surface area contributed by atoms with Crippen LogP contribution < -0.4 is 10.6 Å². The normalized spacial score (nSPS) is 17.6. The summed E-state index contributed by atoms with van der Waals surface area (Å²) in [6.45, 7) is 5.19. The lowest BCUT2D eigenvalue weighted by atomic mass is 10.3. The van der Waals surface area contributed by atoms with Crippen LogP contribution >= 0.6 is 11.3 Å². The second kappa shape index (κ2) is 6.74. The summed E-state index contributed by atoms with van der Waals surface area (Å²) in [6.07, 6.45) is 1.12. The maximum Gasteiger partial charge on any atom is 0.234 e. The van der Waals surface area contributed by atoms with E-state index in [9.17, 15) is 4.79 Å². The first-order valence-corrected chi connectivity index (χ1v) is 7.00.